The fourth-order valence-corrected chi connectivity index (χ4v) is 4.37. The molecule has 0 bridgehead atoms. The first-order valence-electron chi connectivity index (χ1n) is 12.6. The van der Waals surface area contributed by atoms with Crippen LogP contribution in [0.1, 0.15) is 80.6 Å². The number of methoxy groups -OCH3 is 1. The summed E-state index contributed by atoms with van der Waals surface area (Å²) in [6.45, 7) is 9.94. The third kappa shape index (κ3) is 7.01. The van der Waals surface area contributed by atoms with Crippen molar-refractivity contribution in [3.63, 3.8) is 0 Å². The number of amidine groups is 1. The molecule has 1 aliphatic heterocycles. The van der Waals surface area contributed by atoms with Crippen LogP contribution in [0.25, 0.3) is 0 Å². The zero-order valence-electron chi connectivity index (χ0n) is 22.5. The van der Waals surface area contributed by atoms with Gasteiger partial charge in [0.05, 0.1) is 19.3 Å². The van der Waals surface area contributed by atoms with Gasteiger partial charge in [-0.05, 0) is 81.6 Å². The SMILES string of the molecule is CCCCN[C@H]1Cc2cc(OC)ccc2[C@H](c2ccc(C(=O)N/C(C)=N/O)cc2)N1C(=O)OC(C)(C)C. The Balaban J connectivity index is 2.08. The third-order valence-electron chi connectivity index (χ3n) is 6.12. The van der Waals surface area contributed by atoms with E-state index in [0.29, 0.717) is 12.0 Å². The van der Waals surface area contributed by atoms with Crippen molar-refractivity contribution in [1.82, 2.24) is 15.5 Å². The second kappa shape index (κ2) is 12.1. The molecule has 1 aliphatic rings. The Bertz CT molecular complexity index is 1120. The van der Waals surface area contributed by atoms with Crippen molar-refractivity contribution in [2.45, 2.75) is 71.7 Å². The van der Waals surface area contributed by atoms with E-state index in [2.05, 4.69) is 22.7 Å². The van der Waals surface area contributed by atoms with Crippen LogP contribution in [0.15, 0.2) is 47.6 Å². The van der Waals surface area contributed by atoms with Gasteiger partial charge in [-0.15, -0.1) is 0 Å². The molecule has 3 N–H and O–H groups in total. The van der Waals surface area contributed by atoms with E-state index in [1.165, 1.54) is 6.92 Å². The molecule has 9 heteroatoms. The Morgan fingerprint density at radius 1 is 1.16 bits per heavy atom. The van der Waals surface area contributed by atoms with Crippen molar-refractivity contribution in [3.8, 4) is 5.75 Å². The summed E-state index contributed by atoms with van der Waals surface area (Å²) in [6.07, 6.45) is 1.91. The first kappa shape index (κ1) is 28.0. The highest BCUT2D eigenvalue weighted by Gasteiger charge is 2.40. The number of hydrogen-bond donors (Lipinski definition) is 3. The topological polar surface area (TPSA) is 112 Å². The Kier molecular flexibility index (Phi) is 9.15. The molecule has 3 rings (SSSR count). The molecule has 2 aromatic rings. The van der Waals surface area contributed by atoms with E-state index >= 15 is 0 Å². The lowest BCUT2D eigenvalue weighted by Crippen LogP contribution is -2.55. The number of amides is 2. The van der Waals surface area contributed by atoms with Gasteiger partial charge in [0, 0.05) is 12.0 Å². The highest BCUT2D eigenvalue weighted by molar-refractivity contribution is 6.05. The maximum atomic E-state index is 13.6. The molecule has 9 nitrogen and oxygen atoms in total. The highest BCUT2D eigenvalue weighted by atomic mass is 16.6. The number of rotatable bonds is 7. The van der Waals surface area contributed by atoms with Crippen molar-refractivity contribution in [1.29, 1.82) is 0 Å². The maximum Gasteiger partial charge on any atom is 0.412 e. The number of nitrogens with one attached hydrogen (secondary N) is 2. The minimum atomic E-state index is -0.663. The van der Waals surface area contributed by atoms with Crippen LogP contribution in [0.2, 0.25) is 0 Å². The summed E-state index contributed by atoms with van der Waals surface area (Å²) in [6, 6.07) is 12.5. The zero-order chi connectivity index (χ0) is 27.2. The molecule has 0 aromatic heterocycles. The first-order chi connectivity index (χ1) is 17.6. The quantitative estimate of drug-likeness (QED) is 0.162. The molecule has 200 valence electrons. The van der Waals surface area contributed by atoms with Crippen LogP contribution in [0, 0.1) is 0 Å². The van der Waals surface area contributed by atoms with Crippen LogP contribution < -0.4 is 15.4 Å². The van der Waals surface area contributed by atoms with Gasteiger partial charge >= 0.3 is 6.09 Å². The molecule has 0 spiro atoms. The smallest absolute Gasteiger partial charge is 0.412 e. The standard InChI is InChI=1S/C28H38N4O5/c1-7-8-15-29-24-17-21-16-22(36-6)13-14-23(21)25(32(24)27(34)37-28(3,4)5)19-9-11-20(12-10-19)26(33)30-18(2)31-35/h9-14,16,24-25,29,35H,7-8,15,17H2,1-6H3,(H,30,31,33)/t24-,25+/m1/s1. The van der Waals surface area contributed by atoms with Crippen molar-refractivity contribution in [3.05, 3.63) is 64.7 Å². The van der Waals surface area contributed by atoms with E-state index in [1.807, 2.05) is 51.1 Å². The van der Waals surface area contributed by atoms with Gasteiger partial charge in [-0.3, -0.25) is 15.0 Å². The van der Waals surface area contributed by atoms with E-state index < -0.39 is 23.6 Å². The van der Waals surface area contributed by atoms with Crippen molar-refractivity contribution < 1.29 is 24.3 Å². The molecule has 0 saturated heterocycles. The highest BCUT2D eigenvalue weighted by Crippen LogP contribution is 2.39. The fraction of sp³-hybridized carbons (Fsp3) is 0.464. The number of hydrogen-bond acceptors (Lipinski definition) is 7. The lowest BCUT2D eigenvalue weighted by atomic mass is 9.86. The van der Waals surface area contributed by atoms with Gasteiger partial charge in [-0.1, -0.05) is 36.7 Å². The summed E-state index contributed by atoms with van der Waals surface area (Å²) in [5.74, 6) is 0.462. The van der Waals surface area contributed by atoms with E-state index in [0.717, 1.165) is 41.8 Å². The lowest BCUT2D eigenvalue weighted by Gasteiger charge is -2.44. The zero-order valence-corrected chi connectivity index (χ0v) is 22.5. The number of benzene rings is 2. The monoisotopic (exact) mass is 510 g/mol. The molecule has 0 saturated carbocycles. The van der Waals surface area contributed by atoms with Gasteiger partial charge in [-0.2, -0.15) is 0 Å². The Labute approximate surface area is 218 Å². The third-order valence-corrected chi connectivity index (χ3v) is 6.12. The molecule has 37 heavy (non-hydrogen) atoms. The Hall–Kier alpha value is -3.59. The summed E-state index contributed by atoms with van der Waals surface area (Å²) in [5.41, 5.74) is 2.63. The van der Waals surface area contributed by atoms with E-state index in [-0.39, 0.29) is 12.0 Å². The Morgan fingerprint density at radius 3 is 2.46 bits per heavy atom. The maximum absolute atomic E-state index is 13.6. The minimum Gasteiger partial charge on any atom is -0.497 e. The number of nitrogens with zero attached hydrogens (tertiary/aromatic N) is 2. The summed E-state index contributed by atoms with van der Waals surface area (Å²) < 4.78 is 11.3. The number of unbranched alkanes of at least 4 members (excludes halogenated alkanes) is 1. The van der Waals surface area contributed by atoms with Gasteiger partial charge < -0.3 is 20.0 Å². The van der Waals surface area contributed by atoms with Crippen molar-refractivity contribution in [2.24, 2.45) is 5.16 Å². The van der Waals surface area contributed by atoms with Gasteiger partial charge in [0.1, 0.15) is 17.2 Å². The van der Waals surface area contributed by atoms with Crippen molar-refractivity contribution >= 4 is 17.8 Å². The molecule has 0 unspecified atom stereocenters. The van der Waals surface area contributed by atoms with Crippen LogP contribution in [-0.4, -0.2) is 53.4 Å². The fourth-order valence-electron chi connectivity index (χ4n) is 4.37. The van der Waals surface area contributed by atoms with Gasteiger partial charge in [0.25, 0.3) is 5.91 Å². The molecule has 0 aliphatic carbocycles. The molecule has 1 heterocycles. The predicted octanol–water partition coefficient (Wildman–Crippen LogP) is 4.83. The molecule has 2 aromatic carbocycles. The average Bonchev–Trinajstić information content (AvgIpc) is 2.86. The van der Waals surface area contributed by atoms with Crippen LogP contribution in [0.4, 0.5) is 4.79 Å². The molecular formula is C28H38N4O5. The molecule has 2 amide bonds. The molecule has 2 atom stereocenters. The second-order valence-corrected chi connectivity index (χ2v) is 10.1. The van der Waals surface area contributed by atoms with Crippen LogP contribution in [0.5, 0.6) is 5.75 Å². The summed E-state index contributed by atoms with van der Waals surface area (Å²) >= 11 is 0. The molecule has 0 radical (unpaired) electrons. The lowest BCUT2D eigenvalue weighted by molar-refractivity contribution is 0.00149. The average molecular weight is 511 g/mol. The number of fused-ring (bicyclic) bond motifs is 1. The number of carbonyl (C=O) groups is 2. The summed E-state index contributed by atoms with van der Waals surface area (Å²) in [4.78, 5) is 27.9. The Morgan fingerprint density at radius 2 is 1.86 bits per heavy atom. The number of carbonyl (C=O) groups excluding carboxylic acids is 2. The normalized spacial score (nSPS) is 17.7. The van der Waals surface area contributed by atoms with Gasteiger partial charge in [0.15, 0.2) is 0 Å². The van der Waals surface area contributed by atoms with Crippen LogP contribution >= 0.6 is 0 Å². The summed E-state index contributed by atoms with van der Waals surface area (Å²) in [5, 5.41) is 17.9. The molecular weight excluding hydrogens is 472 g/mol. The summed E-state index contributed by atoms with van der Waals surface area (Å²) in [7, 11) is 1.64. The van der Waals surface area contributed by atoms with E-state index in [9.17, 15) is 9.59 Å². The minimum absolute atomic E-state index is 0.0985. The molecule has 0 fully saturated rings. The van der Waals surface area contributed by atoms with E-state index in [4.69, 9.17) is 14.7 Å². The van der Waals surface area contributed by atoms with Crippen LogP contribution in [-0.2, 0) is 11.2 Å². The van der Waals surface area contributed by atoms with Gasteiger partial charge in [-0.25, -0.2) is 4.79 Å². The number of oxime groups is 1. The first-order valence-corrected chi connectivity index (χ1v) is 12.6. The van der Waals surface area contributed by atoms with E-state index in [1.54, 1.807) is 24.1 Å². The van der Waals surface area contributed by atoms with Crippen molar-refractivity contribution in [2.75, 3.05) is 13.7 Å². The second-order valence-electron chi connectivity index (χ2n) is 10.1. The van der Waals surface area contributed by atoms with Gasteiger partial charge in [0.2, 0.25) is 0 Å². The number of ether oxygens (including phenoxy) is 2. The largest absolute Gasteiger partial charge is 0.497 e. The predicted molar refractivity (Wildman–Crippen MR) is 142 cm³/mol. The van der Waals surface area contributed by atoms with Crippen LogP contribution in [0.3, 0.4) is 0 Å².